The van der Waals surface area contributed by atoms with Crippen LogP contribution < -0.4 is 5.32 Å². The lowest BCUT2D eigenvalue weighted by atomic mass is 9.91. The second kappa shape index (κ2) is 8.84. The topological polar surface area (TPSA) is 71.0 Å². The van der Waals surface area contributed by atoms with E-state index in [-0.39, 0.29) is 17.2 Å². The molecule has 0 bridgehead atoms. The molecule has 1 aliphatic heterocycles. The highest BCUT2D eigenvalue weighted by Crippen LogP contribution is 2.31. The van der Waals surface area contributed by atoms with E-state index in [0.29, 0.717) is 6.54 Å². The molecule has 1 atom stereocenters. The van der Waals surface area contributed by atoms with Gasteiger partial charge in [-0.2, -0.15) is 0 Å². The molecule has 160 valence electrons. The monoisotopic (exact) mass is 415 g/mol. The maximum absolute atomic E-state index is 12.9. The number of hydrogen-bond donors (Lipinski definition) is 1. The highest BCUT2D eigenvalue weighted by atomic mass is 16.2. The van der Waals surface area contributed by atoms with Crippen LogP contribution in [0.3, 0.4) is 0 Å². The van der Waals surface area contributed by atoms with Gasteiger partial charge in [-0.1, -0.05) is 39.0 Å². The van der Waals surface area contributed by atoms with Crippen LogP contribution in [-0.2, 0) is 4.79 Å². The van der Waals surface area contributed by atoms with Crippen molar-refractivity contribution in [3.8, 4) is 11.3 Å². The number of benzene rings is 1. The number of likely N-dealkylation sites (tertiary alicyclic amines) is 1. The van der Waals surface area contributed by atoms with Crippen molar-refractivity contribution in [2.24, 2.45) is 5.41 Å². The fourth-order valence-corrected chi connectivity index (χ4v) is 3.90. The average molecular weight is 416 g/mol. The van der Waals surface area contributed by atoms with Crippen molar-refractivity contribution >= 4 is 17.4 Å². The molecule has 0 unspecified atom stereocenters. The molecule has 2 aromatic heterocycles. The van der Waals surface area contributed by atoms with Crippen molar-refractivity contribution in [3.63, 3.8) is 0 Å². The Labute approximate surface area is 183 Å². The Kier molecular flexibility index (Phi) is 5.98. The van der Waals surface area contributed by atoms with Gasteiger partial charge >= 0.3 is 0 Å². The molecule has 6 heteroatoms. The Balaban J connectivity index is 1.67. The first-order chi connectivity index (χ1) is 14.9. The van der Waals surface area contributed by atoms with Gasteiger partial charge in [0.25, 0.3) is 0 Å². The van der Waals surface area contributed by atoms with E-state index in [9.17, 15) is 4.79 Å². The molecule has 1 saturated heterocycles. The quantitative estimate of drug-likeness (QED) is 0.647. The fraction of sp³-hybridized carbons (Fsp3) is 0.360. The molecule has 1 fully saturated rings. The van der Waals surface area contributed by atoms with Crippen molar-refractivity contribution in [3.05, 3.63) is 66.7 Å². The SMILES string of the molecule is CC(C)(C)C(=O)N1CCC[C@H](c2nc(Nc3ccccc3)cc(-c3ccncc3)n2)C1. The number of carbonyl (C=O) groups is 1. The number of pyridine rings is 1. The number of para-hydroxylation sites is 1. The fourth-order valence-electron chi connectivity index (χ4n) is 3.90. The van der Waals surface area contributed by atoms with Crippen LogP contribution in [-0.4, -0.2) is 38.8 Å². The Morgan fingerprint density at radius 3 is 2.52 bits per heavy atom. The number of nitrogens with zero attached hydrogens (tertiary/aromatic N) is 4. The van der Waals surface area contributed by atoms with E-state index in [1.54, 1.807) is 12.4 Å². The van der Waals surface area contributed by atoms with Crippen molar-refractivity contribution in [2.75, 3.05) is 18.4 Å². The molecule has 31 heavy (non-hydrogen) atoms. The summed E-state index contributed by atoms with van der Waals surface area (Å²) in [6, 6.07) is 15.9. The molecular weight excluding hydrogens is 386 g/mol. The van der Waals surface area contributed by atoms with Crippen LogP contribution in [0.25, 0.3) is 11.3 Å². The number of aromatic nitrogens is 3. The van der Waals surface area contributed by atoms with Crippen LogP contribution in [0, 0.1) is 5.41 Å². The predicted molar refractivity (Wildman–Crippen MR) is 123 cm³/mol. The number of rotatable bonds is 4. The molecule has 3 aromatic rings. The zero-order valence-electron chi connectivity index (χ0n) is 18.4. The first kappa shape index (κ1) is 21.0. The van der Waals surface area contributed by atoms with Gasteiger partial charge in [0.1, 0.15) is 11.6 Å². The first-order valence-corrected chi connectivity index (χ1v) is 10.8. The summed E-state index contributed by atoms with van der Waals surface area (Å²) in [7, 11) is 0. The Bertz CT molecular complexity index is 1030. The van der Waals surface area contributed by atoms with Crippen molar-refractivity contribution in [2.45, 2.75) is 39.5 Å². The summed E-state index contributed by atoms with van der Waals surface area (Å²) in [4.78, 5) is 28.7. The molecule has 4 rings (SSSR count). The van der Waals surface area contributed by atoms with Gasteiger partial charge in [-0.05, 0) is 37.1 Å². The number of piperidine rings is 1. The smallest absolute Gasteiger partial charge is 0.227 e. The minimum absolute atomic E-state index is 0.109. The lowest BCUT2D eigenvalue weighted by Gasteiger charge is -2.36. The predicted octanol–water partition coefficient (Wildman–Crippen LogP) is 5.03. The van der Waals surface area contributed by atoms with Gasteiger partial charge in [0.2, 0.25) is 5.91 Å². The van der Waals surface area contributed by atoms with Gasteiger partial charge in [-0.25, -0.2) is 9.97 Å². The van der Waals surface area contributed by atoms with Gasteiger partial charge in [0, 0.05) is 54.1 Å². The molecule has 1 amide bonds. The van der Waals surface area contributed by atoms with Gasteiger partial charge < -0.3 is 10.2 Å². The summed E-state index contributed by atoms with van der Waals surface area (Å²) in [5.41, 5.74) is 2.43. The molecule has 0 aliphatic carbocycles. The molecule has 1 aliphatic rings. The number of anilines is 2. The largest absolute Gasteiger partial charge is 0.342 e. The third kappa shape index (κ3) is 5.08. The number of nitrogens with one attached hydrogen (secondary N) is 1. The van der Waals surface area contributed by atoms with Crippen molar-refractivity contribution in [1.82, 2.24) is 19.9 Å². The van der Waals surface area contributed by atoms with Gasteiger partial charge in [-0.3, -0.25) is 9.78 Å². The minimum Gasteiger partial charge on any atom is -0.342 e. The minimum atomic E-state index is -0.387. The zero-order valence-corrected chi connectivity index (χ0v) is 18.4. The molecule has 0 radical (unpaired) electrons. The lowest BCUT2D eigenvalue weighted by Crippen LogP contribution is -2.44. The Hall–Kier alpha value is -3.28. The van der Waals surface area contributed by atoms with E-state index < -0.39 is 0 Å². The van der Waals surface area contributed by atoms with Crippen LogP contribution in [0.2, 0.25) is 0 Å². The normalized spacial score (nSPS) is 16.7. The van der Waals surface area contributed by atoms with E-state index in [1.807, 2.05) is 74.2 Å². The standard InChI is InChI=1S/C25H29N5O/c1-25(2,3)24(31)30-15-7-8-19(17-30)23-28-21(18-11-13-26-14-12-18)16-22(29-23)27-20-9-5-4-6-10-20/h4-6,9-14,16,19H,7-8,15,17H2,1-3H3,(H,27,28,29)/t19-/m0/s1. The molecular formula is C25H29N5O. The molecule has 1 N–H and O–H groups in total. The summed E-state index contributed by atoms with van der Waals surface area (Å²) >= 11 is 0. The van der Waals surface area contributed by atoms with E-state index in [1.165, 1.54) is 0 Å². The van der Waals surface area contributed by atoms with Crippen molar-refractivity contribution < 1.29 is 4.79 Å². The summed E-state index contributed by atoms with van der Waals surface area (Å²) < 4.78 is 0. The molecule has 1 aromatic carbocycles. The highest BCUT2D eigenvalue weighted by Gasteiger charge is 2.32. The molecule has 0 spiro atoms. The number of carbonyl (C=O) groups excluding carboxylic acids is 1. The highest BCUT2D eigenvalue weighted by molar-refractivity contribution is 5.81. The number of amides is 1. The summed E-state index contributed by atoms with van der Waals surface area (Å²) in [5, 5.41) is 3.40. The van der Waals surface area contributed by atoms with Crippen LogP contribution in [0.15, 0.2) is 60.9 Å². The van der Waals surface area contributed by atoms with Crippen LogP contribution in [0.1, 0.15) is 45.4 Å². The van der Waals surface area contributed by atoms with E-state index in [0.717, 1.165) is 48.0 Å². The van der Waals surface area contributed by atoms with Gasteiger partial charge in [0.15, 0.2) is 0 Å². The number of hydrogen-bond acceptors (Lipinski definition) is 5. The first-order valence-electron chi connectivity index (χ1n) is 10.8. The van der Waals surface area contributed by atoms with Gasteiger partial charge in [-0.15, -0.1) is 0 Å². The van der Waals surface area contributed by atoms with Gasteiger partial charge in [0.05, 0.1) is 5.69 Å². The third-order valence-electron chi connectivity index (χ3n) is 5.48. The average Bonchev–Trinajstić information content (AvgIpc) is 2.79. The van der Waals surface area contributed by atoms with Crippen LogP contribution in [0.4, 0.5) is 11.5 Å². The van der Waals surface area contributed by atoms with Crippen LogP contribution in [0.5, 0.6) is 0 Å². The summed E-state index contributed by atoms with van der Waals surface area (Å²) in [6.07, 6.45) is 5.47. The Morgan fingerprint density at radius 1 is 1.06 bits per heavy atom. The molecule has 3 heterocycles. The van der Waals surface area contributed by atoms with E-state index >= 15 is 0 Å². The maximum atomic E-state index is 12.9. The summed E-state index contributed by atoms with van der Waals surface area (Å²) in [5.74, 6) is 1.82. The molecule has 0 saturated carbocycles. The third-order valence-corrected chi connectivity index (χ3v) is 5.48. The molecule has 6 nitrogen and oxygen atoms in total. The zero-order chi connectivity index (χ0) is 21.8. The second-order valence-corrected chi connectivity index (χ2v) is 9.06. The van der Waals surface area contributed by atoms with E-state index in [4.69, 9.17) is 9.97 Å². The van der Waals surface area contributed by atoms with Crippen LogP contribution >= 0.6 is 0 Å². The van der Waals surface area contributed by atoms with Crippen molar-refractivity contribution in [1.29, 1.82) is 0 Å². The lowest BCUT2D eigenvalue weighted by molar-refractivity contribution is -0.140. The van der Waals surface area contributed by atoms with E-state index in [2.05, 4.69) is 10.3 Å². The second-order valence-electron chi connectivity index (χ2n) is 9.06. The Morgan fingerprint density at radius 2 is 1.81 bits per heavy atom. The maximum Gasteiger partial charge on any atom is 0.227 e. The summed E-state index contributed by atoms with van der Waals surface area (Å²) in [6.45, 7) is 7.37.